The van der Waals surface area contributed by atoms with Crippen LogP contribution < -0.4 is 5.73 Å². The topological polar surface area (TPSA) is 29.3 Å². The normalized spacial score (nSPS) is 23.8. The van der Waals surface area contributed by atoms with E-state index in [4.69, 9.17) is 5.73 Å². The van der Waals surface area contributed by atoms with Crippen molar-refractivity contribution in [1.82, 2.24) is 4.90 Å². The molecule has 1 aromatic carbocycles. The SMILES string of the molecule is CC1CC1CN(C)Cc1ccc(N)cc1Br. The average Bonchev–Trinajstić information content (AvgIpc) is 2.86. The van der Waals surface area contributed by atoms with Crippen LogP contribution in [-0.2, 0) is 6.54 Å². The number of hydrogen-bond donors (Lipinski definition) is 1. The van der Waals surface area contributed by atoms with Gasteiger partial charge in [0.25, 0.3) is 0 Å². The Labute approximate surface area is 106 Å². The summed E-state index contributed by atoms with van der Waals surface area (Å²) in [6, 6.07) is 6.04. The summed E-state index contributed by atoms with van der Waals surface area (Å²) in [5.41, 5.74) is 7.85. The molecule has 0 aromatic heterocycles. The first-order chi connectivity index (χ1) is 7.56. The molecule has 3 heteroatoms. The highest BCUT2D eigenvalue weighted by molar-refractivity contribution is 9.10. The predicted octanol–water partition coefficient (Wildman–Crippen LogP) is 3.12. The van der Waals surface area contributed by atoms with Crippen molar-refractivity contribution < 1.29 is 0 Å². The highest BCUT2D eigenvalue weighted by atomic mass is 79.9. The monoisotopic (exact) mass is 282 g/mol. The molecule has 1 aliphatic rings. The van der Waals surface area contributed by atoms with Crippen molar-refractivity contribution in [3.05, 3.63) is 28.2 Å². The Kier molecular flexibility index (Phi) is 3.55. The summed E-state index contributed by atoms with van der Waals surface area (Å²) in [4.78, 5) is 2.39. The lowest BCUT2D eigenvalue weighted by atomic mass is 10.2. The van der Waals surface area contributed by atoms with Crippen LogP contribution >= 0.6 is 15.9 Å². The molecule has 2 N–H and O–H groups in total. The second-order valence-corrected chi connectivity index (χ2v) is 5.88. The second-order valence-electron chi connectivity index (χ2n) is 5.02. The largest absolute Gasteiger partial charge is 0.399 e. The van der Waals surface area contributed by atoms with E-state index in [1.807, 2.05) is 12.1 Å². The zero-order valence-corrected chi connectivity index (χ0v) is 11.5. The Morgan fingerprint density at radius 2 is 2.19 bits per heavy atom. The van der Waals surface area contributed by atoms with Crippen LogP contribution in [0.5, 0.6) is 0 Å². The molecule has 0 heterocycles. The van der Waals surface area contributed by atoms with Gasteiger partial charge in [-0.25, -0.2) is 0 Å². The zero-order valence-electron chi connectivity index (χ0n) is 9.91. The van der Waals surface area contributed by atoms with Gasteiger partial charge in [-0.05, 0) is 43.0 Å². The Hall–Kier alpha value is -0.540. The maximum Gasteiger partial charge on any atom is 0.0325 e. The van der Waals surface area contributed by atoms with E-state index >= 15 is 0 Å². The van der Waals surface area contributed by atoms with E-state index in [1.165, 1.54) is 18.5 Å². The van der Waals surface area contributed by atoms with E-state index in [0.717, 1.165) is 28.5 Å². The molecule has 1 saturated carbocycles. The summed E-state index contributed by atoms with van der Waals surface area (Å²) in [6.07, 6.45) is 1.40. The fourth-order valence-electron chi connectivity index (χ4n) is 2.10. The van der Waals surface area contributed by atoms with Crippen LogP contribution in [-0.4, -0.2) is 18.5 Å². The summed E-state index contributed by atoms with van der Waals surface area (Å²) >= 11 is 3.56. The predicted molar refractivity (Wildman–Crippen MR) is 72.2 cm³/mol. The van der Waals surface area contributed by atoms with E-state index in [2.05, 4.69) is 40.9 Å². The number of anilines is 1. The molecule has 2 rings (SSSR count). The molecular formula is C13H19BrN2. The van der Waals surface area contributed by atoms with Gasteiger partial charge < -0.3 is 10.6 Å². The Balaban J connectivity index is 1.92. The Morgan fingerprint density at radius 3 is 2.75 bits per heavy atom. The highest BCUT2D eigenvalue weighted by Crippen LogP contribution is 2.38. The minimum Gasteiger partial charge on any atom is -0.399 e. The smallest absolute Gasteiger partial charge is 0.0325 e. The van der Waals surface area contributed by atoms with Crippen molar-refractivity contribution in [1.29, 1.82) is 0 Å². The van der Waals surface area contributed by atoms with Gasteiger partial charge in [0.2, 0.25) is 0 Å². The van der Waals surface area contributed by atoms with Gasteiger partial charge in [0.1, 0.15) is 0 Å². The molecule has 2 atom stereocenters. The highest BCUT2D eigenvalue weighted by Gasteiger charge is 2.32. The summed E-state index contributed by atoms with van der Waals surface area (Å²) < 4.78 is 1.11. The molecule has 0 amide bonds. The fraction of sp³-hybridized carbons (Fsp3) is 0.538. The van der Waals surface area contributed by atoms with Crippen LogP contribution in [0.4, 0.5) is 5.69 Å². The first-order valence-electron chi connectivity index (χ1n) is 5.78. The van der Waals surface area contributed by atoms with Gasteiger partial charge in [-0.15, -0.1) is 0 Å². The molecule has 2 unspecified atom stereocenters. The zero-order chi connectivity index (χ0) is 11.7. The van der Waals surface area contributed by atoms with Gasteiger partial charge in [-0.2, -0.15) is 0 Å². The molecule has 1 aliphatic carbocycles. The maximum atomic E-state index is 5.72. The molecule has 1 aromatic rings. The fourth-order valence-corrected chi connectivity index (χ4v) is 2.62. The molecule has 16 heavy (non-hydrogen) atoms. The summed E-state index contributed by atoms with van der Waals surface area (Å²) in [5, 5.41) is 0. The molecule has 88 valence electrons. The quantitative estimate of drug-likeness (QED) is 0.860. The molecule has 1 fully saturated rings. The van der Waals surface area contributed by atoms with Crippen LogP contribution in [0.25, 0.3) is 0 Å². The van der Waals surface area contributed by atoms with Crippen LogP contribution in [0, 0.1) is 11.8 Å². The van der Waals surface area contributed by atoms with Gasteiger partial charge in [0.05, 0.1) is 0 Å². The second kappa shape index (κ2) is 4.76. The number of hydrogen-bond acceptors (Lipinski definition) is 2. The molecule has 2 nitrogen and oxygen atoms in total. The lowest BCUT2D eigenvalue weighted by molar-refractivity contribution is 0.307. The van der Waals surface area contributed by atoms with Crippen LogP contribution in [0.1, 0.15) is 18.9 Å². The first kappa shape index (κ1) is 11.9. The first-order valence-corrected chi connectivity index (χ1v) is 6.58. The third-order valence-corrected chi connectivity index (χ3v) is 4.08. The van der Waals surface area contributed by atoms with E-state index in [9.17, 15) is 0 Å². The standard InChI is InChI=1S/C13H19BrN2/c1-9-5-11(9)8-16(2)7-10-3-4-12(15)6-13(10)14/h3-4,6,9,11H,5,7-8,15H2,1-2H3. The Bertz CT molecular complexity index is 378. The van der Waals surface area contributed by atoms with Gasteiger partial charge in [-0.3, -0.25) is 0 Å². The lowest BCUT2D eigenvalue weighted by Gasteiger charge is -2.17. The van der Waals surface area contributed by atoms with Gasteiger partial charge >= 0.3 is 0 Å². The van der Waals surface area contributed by atoms with Crippen LogP contribution in [0.2, 0.25) is 0 Å². The van der Waals surface area contributed by atoms with E-state index < -0.39 is 0 Å². The molecule has 0 saturated heterocycles. The third kappa shape index (κ3) is 2.98. The van der Waals surface area contributed by atoms with Crippen molar-refractivity contribution >= 4 is 21.6 Å². The average molecular weight is 283 g/mol. The van der Waals surface area contributed by atoms with Crippen molar-refractivity contribution in [2.75, 3.05) is 19.3 Å². The number of rotatable bonds is 4. The molecule has 0 bridgehead atoms. The lowest BCUT2D eigenvalue weighted by Crippen LogP contribution is -2.21. The van der Waals surface area contributed by atoms with E-state index in [-0.39, 0.29) is 0 Å². The van der Waals surface area contributed by atoms with Crippen molar-refractivity contribution in [3.8, 4) is 0 Å². The van der Waals surface area contributed by atoms with Crippen molar-refractivity contribution in [3.63, 3.8) is 0 Å². The van der Waals surface area contributed by atoms with Gasteiger partial charge in [-0.1, -0.05) is 28.9 Å². The molecular weight excluding hydrogens is 264 g/mol. The van der Waals surface area contributed by atoms with Crippen molar-refractivity contribution in [2.45, 2.75) is 19.9 Å². The minimum absolute atomic E-state index is 0.814. The van der Waals surface area contributed by atoms with E-state index in [0.29, 0.717) is 0 Å². The summed E-state index contributed by atoms with van der Waals surface area (Å²) in [7, 11) is 2.19. The van der Waals surface area contributed by atoms with Gasteiger partial charge in [0.15, 0.2) is 0 Å². The molecule has 0 spiro atoms. The van der Waals surface area contributed by atoms with Gasteiger partial charge in [0, 0.05) is 23.2 Å². The number of nitrogen functional groups attached to an aromatic ring is 1. The maximum absolute atomic E-state index is 5.72. The Morgan fingerprint density at radius 1 is 1.50 bits per heavy atom. The van der Waals surface area contributed by atoms with Crippen LogP contribution in [0.15, 0.2) is 22.7 Å². The number of halogens is 1. The number of nitrogens with two attached hydrogens (primary N) is 1. The minimum atomic E-state index is 0.814. The van der Waals surface area contributed by atoms with Crippen molar-refractivity contribution in [2.24, 2.45) is 11.8 Å². The summed E-state index contributed by atoms with van der Waals surface area (Å²) in [6.45, 7) is 4.53. The summed E-state index contributed by atoms with van der Waals surface area (Å²) in [5.74, 6) is 1.84. The third-order valence-electron chi connectivity index (χ3n) is 3.34. The van der Waals surface area contributed by atoms with E-state index in [1.54, 1.807) is 0 Å². The molecule has 0 radical (unpaired) electrons. The number of nitrogens with zero attached hydrogens (tertiary/aromatic N) is 1. The van der Waals surface area contributed by atoms with Crippen LogP contribution in [0.3, 0.4) is 0 Å². The molecule has 0 aliphatic heterocycles. The number of benzene rings is 1.